The molecule has 1 aromatic carbocycles. The number of benzene rings is 1. The number of nitrogens with zero attached hydrogens (tertiary/aromatic N) is 1. The first-order valence-electron chi connectivity index (χ1n) is 6.06. The fourth-order valence-electron chi connectivity index (χ4n) is 1.77. The van der Waals surface area contributed by atoms with E-state index in [9.17, 15) is 8.78 Å². The molecule has 0 bridgehead atoms. The monoisotopic (exact) mass is 253 g/mol. The summed E-state index contributed by atoms with van der Waals surface area (Å²) in [5, 5.41) is 9.14. The Morgan fingerprint density at radius 1 is 1.28 bits per heavy atom. The summed E-state index contributed by atoms with van der Waals surface area (Å²) in [5.41, 5.74) is -0.420. The van der Waals surface area contributed by atoms with E-state index in [2.05, 4.69) is 6.07 Å². The molecular formula is C14H17F2NO. The summed E-state index contributed by atoms with van der Waals surface area (Å²) in [7, 11) is 0. The largest absolute Gasteiger partial charge is 0.490 e. The lowest BCUT2D eigenvalue weighted by Gasteiger charge is -2.23. The molecule has 0 spiro atoms. The smallest absolute Gasteiger partial charge is 0.167 e. The summed E-state index contributed by atoms with van der Waals surface area (Å²) in [6.07, 6.45) is 2.00. The van der Waals surface area contributed by atoms with Crippen molar-refractivity contribution in [1.82, 2.24) is 0 Å². The van der Waals surface area contributed by atoms with Crippen LogP contribution in [0, 0.1) is 28.4 Å². The maximum atomic E-state index is 13.3. The van der Waals surface area contributed by atoms with Crippen molar-refractivity contribution in [1.29, 1.82) is 5.26 Å². The molecule has 0 radical (unpaired) electrons. The van der Waals surface area contributed by atoms with Gasteiger partial charge in [-0.2, -0.15) is 5.26 Å². The first-order valence-corrected chi connectivity index (χ1v) is 6.06. The van der Waals surface area contributed by atoms with Crippen molar-refractivity contribution in [3.05, 3.63) is 29.8 Å². The Labute approximate surface area is 106 Å². The molecule has 0 aliphatic heterocycles. The molecule has 18 heavy (non-hydrogen) atoms. The lowest BCUT2D eigenvalue weighted by Crippen LogP contribution is -2.20. The van der Waals surface area contributed by atoms with Crippen LogP contribution in [0.4, 0.5) is 8.78 Å². The van der Waals surface area contributed by atoms with E-state index in [0.29, 0.717) is 6.42 Å². The summed E-state index contributed by atoms with van der Waals surface area (Å²) in [5.74, 6) is -1.32. The second-order valence-electron chi connectivity index (χ2n) is 4.27. The third-order valence-corrected chi connectivity index (χ3v) is 3.32. The molecule has 0 N–H and O–H groups in total. The lowest BCUT2D eigenvalue weighted by atomic mass is 9.81. The Balaban J connectivity index is 2.59. The van der Waals surface area contributed by atoms with E-state index in [1.165, 1.54) is 6.07 Å². The lowest BCUT2D eigenvalue weighted by molar-refractivity contribution is 0.224. The first kappa shape index (κ1) is 14.4. The van der Waals surface area contributed by atoms with Gasteiger partial charge in [0.1, 0.15) is 5.82 Å². The third kappa shape index (κ3) is 3.43. The fraction of sp³-hybridized carbons (Fsp3) is 0.500. The number of halogens is 2. The van der Waals surface area contributed by atoms with Crippen molar-refractivity contribution in [2.75, 3.05) is 6.61 Å². The van der Waals surface area contributed by atoms with E-state index in [4.69, 9.17) is 10.00 Å². The molecule has 0 aliphatic carbocycles. The first-order chi connectivity index (χ1) is 8.56. The highest BCUT2D eigenvalue weighted by Gasteiger charge is 2.25. The minimum atomic E-state index is -0.717. The van der Waals surface area contributed by atoms with Crippen molar-refractivity contribution in [3.63, 3.8) is 0 Å². The van der Waals surface area contributed by atoms with Crippen molar-refractivity contribution in [3.8, 4) is 11.8 Å². The predicted molar refractivity (Wildman–Crippen MR) is 65.1 cm³/mol. The van der Waals surface area contributed by atoms with E-state index < -0.39 is 17.0 Å². The molecule has 0 fully saturated rings. The summed E-state index contributed by atoms with van der Waals surface area (Å²) in [4.78, 5) is 0. The highest BCUT2D eigenvalue weighted by molar-refractivity contribution is 5.24. The Hall–Kier alpha value is -1.63. The van der Waals surface area contributed by atoms with Gasteiger partial charge in [0.15, 0.2) is 11.6 Å². The van der Waals surface area contributed by atoms with Gasteiger partial charge in [0.2, 0.25) is 0 Å². The molecule has 0 saturated carbocycles. The van der Waals surface area contributed by atoms with Crippen molar-refractivity contribution in [2.24, 2.45) is 5.41 Å². The summed E-state index contributed by atoms with van der Waals surface area (Å²) in [6, 6.07) is 5.48. The van der Waals surface area contributed by atoms with Gasteiger partial charge in [0.25, 0.3) is 0 Å². The van der Waals surface area contributed by atoms with Crippen LogP contribution in [0.2, 0.25) is 0 Å². The number of hydrogen-bond acceptors (Lipinski definition) is 2. The topological polar surface area (TPSA) is 33.0 Å². The van der Waals surface area contributed by atoms with Crippen molar-refractivity contribution in [2.45, 2.75) is 33.1 Å². The van der Waals surface area contributed by atoms with Gasteiger partial charge in [0, 0.05) is 12.5 Å². The maximum Gasteiger partial charge on any atom is 0.167 e. The van der Waals surface area contributed by atoms with Crippen LogP contribution in [-0.4, -0.2) is 6.61 Å². The average molecular weight is 253 g/mol. The van der Waals surface area contributed by atoms with Crippen LogP contribution in [0.3, 0.4) is 0 Å². The highest BCUT2D eigenvalue weighted by Crippen LogP contribution is 2.30. The zero-order valence-electron chi connectivity index (χ0n) is 10.7. The van der Waals surface area contributed by atoms with Crippen LogP contribution in [0.1, 0.15) is 33.1 Å². The van der Waals surface area contributed by atoms with Crippen LogP contribution in [-0.2, 0) is 0 Å². The average Bonchev–Trinajstić information content (AvgIpc) is 2.38. The van der Waals surface area contributed by atoms with Gasteiger partial charge < -0.3 is 4.74 Å². The standard InChI is InChI=1S/C14H17F2NO/c1-3-14(4-2,10-17)7-8-18-13-6-5-11(15)9-12(13)16/h5-6,9H,3-4,7-8H2,1-2H3. The summed E-state index contributed by atoms with van der Waals surface area (Å²) in [6.45, 7) is 4.15. The van der Waals surface area contributed by atoms with E-state index in [1.807, 2.05) is 13.8 Å². The Morgan fingerprint density at radius 2 is 1.94 bits per heavy atom. The number of rotatable bonds is 6. The molecule has 98 valence electrons. The molecular weight excluding hydrogens is 236 g/mol. The highest BCUT2D eigenvalue weighted by atomic mass is 19.1. The van der Waals surface area contributed by atoms with E-state index in [-0.39, 0.29) is 12.4 Å². The molecule has 2 nitrogen and oxygen atoms in total. The molecule has 1 aromatic rings. The van der Waals surface area contributed by atoms with E-state index >= 15 is 0 Å². The zero-order chi connectivity index (χ0) is 13.6. The minimum Gasteiger partial charge on any atom is -0.490 e. The molecule has 0 aromatic heterocycles. The third-order valence-electron chi connectivity index (χ3n) is 3.32. The van der Waals surface area contributed by atoms with E-state index in [0.717, 1.165) is 25.0 Å². The van der Waals surface area contributed by atoms with Crippen LogP contribution in [0.15, 0.2) is 18.2 Å². The molecule has 1 rings (SSSR count). The van der Waals surface area contributed by atoms with Crippen LogP contribution >= 0.6 is 0 Å². The Kier molecular flexibility index (Phi) is 5.08. The van der Waals surface area contributed by atoms with Gasteiger partial charge in [-0.3, -0.25) is 0 Å². The van der Waals surface area contributed by atoms with Gasteiger partial charge in [-0.1, -0.05) is 13.8 Å². The number of nitriles is 1. The van der Waals surface area contributed by atoms with Crippen molar-refractivity contribution < 1.29 is 13.5 Å². The quantitative estimate of drug-likeness (QED) is 0.765. The molecule has 0 unspecified atom stereocenters. The molecule has 0 saturated heterocycles. The number of hydrogen-bond donors (Lipinski definition) is 0. The second kappa shape index (κ2) is 6.34. The van der Waals surface area contributed by atoms with Gasteiger partial charge >= 0.3 is 0 Å². The van der Waals surface area contributed by atoms with Crippen LogP contribution < -0.4 is 4.74 Å². The SMILES string of the molecule is CCC(C#N)(CC)CCOc1ccc(F)cc1F. The van der Waals surface area contributed by atoms with Gasteiger partial charge in [-0.25, -0.2) is 8.78 Å². The van der Waals surface area contributed by atoms with Crippen LogP contribution in [0.5, 0.6) is 5.75 Å². The molecule has 0 aliphatic rings. The number of ether oxygens (including phenoxy) is 1. The normalized spacial score (nSPS) is 11.1. The van der Waals surface area contributed by atoms with E-state index in [1.54, 1.807) is 0 Å². The molecule has 0 amide bonds. The fourth-order valence-corrected chi connectivity index (χ4v) is 1.77. The zero-order valence-corrected chi connectivity index (χ0v) is 10.7. The molecule has 4 heteroatoms. The summed E-state index contributed by atoms with van der Waals surface area (Å²) >= 11 is 0. The molecule has 0 heterocycles. The van der Waals surface area contributed by atoms with Gasteiger partial charge in [-0.15, -0.1) is 0 Å². The van der Waals surface area contributed by atoms with Crippen molar-refractivity contribution >= 4 is 0 Å². The minimum absolute atomic E-state index is 0.0236. The van der Waals surface area contributed by atoms with Gasteiger partial charge in [-0.05, 0) is 25.0 Å². The predicted octanol–water partition coefficient (Wildman–Crippen LogP) is 4.06. The van der Waals surface area contributed by atoms with Crippen LogP contribution in [0.25, 0.3) is 0 Å². The maximum absolute atomic E-state index is 13.3. The Bertz CT molecular complexity index is 436. The van der Waals surface area contributed by atoms with Gasteiger partial charge in [0.05, 0.1) is 18.1 Å². The second-order valence-corrected chi connectivity index (χ2v) is 4.27. The summed E-state index contributed by atoms with van der Waals surface area (Å²) < 4.78 is 31.2. The molecule has 0 atom stereocenters. The Morgan fingerprint density at radius 3 is 2.44 bits per heavy atom.